The van der Waals surface area contributed by atoms with Gasteiger partial charge in [-0.05, 0) is 25.7 Å². The second-order valence-corrected chi connectivity index (χ2v) is 3.63. The summed E-state index contributed by atoms with van der Waals surface area (Å²) in [4.78, 5) is 11.3. The topological polar surface area (TPSA) is 52.9 Å². The molecule has 12 heavy (non-hydrogen) atoms. The van der Waals surface area contributed by atoms with Crippen molar-refractivity contribution in [2.24, 2.45) is 11.8 Å². The van der Waals surface area contributed by atoms with E-state index in [2.05, 4.69) is 12.2 Å². The normalized spacial score (nSPS) is 29.8. The van der Waals surface area contributed by atoms with Gasteiger partial charge in [0.05, 0.1) is 6.07 Å². The molecule has 3 heteroatoms. The van der Waals surface area contributed by atoms with Gasteiger partial charge in [0.1, 0.15) is 6.04 Å². The Labute approximate surface area is 72.8 Å². The molecule has 0 heterocycles. The molecule has 1 aliphatic carbocycles. The van der Waals surface area contributed by atoms with E-state index in [1.165, 1.54) is 0 Å². The van der Waals surface area contributed by atoms with Crippen molar-refractivity contribution in [2.75, 3.05) is 0 Å². The van der Waals surface area contributed by atoms with Crippen molar-refractivity contribution in [2.45, 2.75) is 32.7 Å². The molecule has 3 nitrogen and oxygen atoms in total. The van der Waals surface area contributed by atoms with E-state index in [1.807, 2.05) is 6.07 Å². The summed E-state index contributed by atoms with van der Waals surface area (Å²) in [6.07, 6.45) is 1.95. The van der Waals surface area contributed by atoms with E-state index in [0.717, 1.165) is 12.8 Å². The molecule has 0 saturated heterocycles. The number of nitrogens with zero attached hydrogens (tertiary/aromatic N) is 1. The van der Waals surface area contributed by atoms with Crippen LogP contribution in [0, 0.1) is 23.2 Å². The number of hydrogen-bond acceptors (Lipinski definition) is 2. The Kier molecular flexibility index (Phi) is 2.69. The van der Waals surface area contributed by atoms with Gasteiger partial charge in [0.2, 0.25) is 5.91 Å². The molecule has 1 N–H and O–H groups in total. The summed E-state index contributed by atoms with van der Waals surface area (Å²) in [6, 6.07) is 1.62. The average Bonchev–Trinajstić information content (AvgIpc) is 1.98. The summed E-state index contributed by atoms with van der Waals surface area (Å²) < 4.78 is 0. The van der Waals surface area contributed by atoms with Crippen LogP contribution in [0.15, 0.2) is 0 Å². The van der Waals surface area contributed by atoms with Crippen molar-refractivity contribution in [1.82, 2.24) is 5.32 Å². The molecule has 0 aliphatic heterocycles. The van der Waals surface area contributed by atoms with Crippen LogP contribution in [-0.2, 0) is 4.79 Å². The van der Waals surface area contributed by atoms with E-state index in [4.69, 9.17) is 5.26 Å². The largest absolute Gasteiger partial charge is 0.340 e. The number of nitriles is 1. The fourth-order valence-electron chi connectivity index (χ4n) is 1.48. The summed E-state index contributed by atoms with van der Waals surface area (Å²) in [7, 11) is 0. The highest BCUT2D eigenvalue weighted by atomic mass is 16.1. The van der Waals surface area contributed by atoms with Crippen molar-refractivity contribution in [3.8, 4) is 6.07 Å². The van der Waals surface area contributed by atoms with Crippen molar-refractivity contribution < 1.29 is 4.79 Å². The molecule has 0 aromatic rings. The second-order valence-electron chi connectivity index (χ2n) is 3.63. The third kappa shape index (κ3) is 1.97. The van der Waals surface area contributed by atoms with Gasteiger partial charge in [0.25, 0.3) is 0 Å². The standard InChI is InChI=1S/C9H14N2O/c1-6-3-8(4-6)9(12)11-7(2)5-10/h6-8H,3-4H2,1-2H3,(H,11,12). The Hall–Kier alpha value is -1.04. The summed E-state index contributed by atoms with van der Waals surface area (Å²) in [5.41, 5.74) is 0. The molecule has 0 bridgehead atoms. The third-order valence-corrected chi connectivity index (χ3v) is 2.30. The van der Waals surface area contributed by atoms with Gasteiger partial charge in [-0.25, -0.2) is 0 Å². The van der Waals surface area contributed by atoms with Crippen LogP contribution in [0.3, 0.4) is 0 Å². The predicted octanol–water partition coefficient (Wildman–Crippen LogP) is 1.06. The van der Waals surface area contributed by atoms with Crippen molar-refractivity contribution in [3.63, 3.8) is 0 Å². The lowest BCUT2D eigenvalue weighted by molar-refractivity contribution is -0.129. The number of nitrogens with one attached hydrogen (secondary N) is 1. The third-order valence-electron chi connectivity index (χ3n) is 2.30. The van der Waals surface area contributed by atoms with E-state index in [1.54, 1.807) is 6.92 Å². The van der Waals surface area contributed by atoms with E-state index < -0.39 is 0 Å². The highest BCUT2D eigenvalue weighted by molar-refractivity contribution is 5.80. The molecule has 1 amide bonds. The predicted molar refractivity (Wildman–Crippen MR) is 45.1 cm³/mol. The minimum Gasteiger partial charge on any atom is -0.340 e. The Morgan fingerprint density at radius 2 is 2.25 bits per heavy atom. The molecule has 0 aromatic carbocycles. The first-order chi connectivity index (χ1) is 5.63. The smallest absolute Gasteiger partial charge is 0.224 e. The van der Waals surface area contributed by atoms with Crippen LogP contribution in [-0.4, -0.2) is 11.9 Å². The molecular formula is C9H14N2O. The Balaban J connectivity index is 2.26. The van der Waals surface area contributed by atoms with Gasteiger partial charge in [-0.3, -0.25) is 4.79 Å². The molecule has 1 unspecified atom stereocenters. The van der Waals surface area contributed by atoms with E-state index in [0.29, 0.717) is 5.92 Å². The molecule has 1 rings (SSSR count). The van der Waals surface area contributed by atoms with Gasteiger partial charge in [-0.15, -0.1) is 0 Å². The summed E-state index contributed by atoms with van der Waals surface area (Å²) in [5.74, 6) is 0.885. The van der Waals surface area contributed by atoms with Crippen LogP contribution < -0.4 is 5.32 Å². The van der Waals surface area contributed by atoms with Gasteiger partial charge in [0.15, 0.2) is 0 Å². The molecule has 0 aromatic heterocycles. The summed E-state index contributed by atoms with van der Waals surface area (Å²) in [6.45, 7) is 3.83. The lowest BCUT2D eigenvalue weighted by Crippen LogP contribution is -2.41. The quantitative estimate of drug-likeness (QED) is 0.667. The molecule has 0 spiro atoms. The molecule has 1 fully saturated rings. The van der Waals surface area contributed by atoms with Crippen molar-refractivity contribution >= 4 is 5.91 Å². The van der Waals surface area contributed by atoms with E-state index in [9.17, 15) is 4.79 Å². The molecule has 1 atom stereocenters. The van der Waals surface area contributed by atoms with Crippen molar-refractivity contribution in [1.29, 1.82) is 5.26 Å². The molecule has 1 aliphatic rings. The number of carbonyl (C=O) groups excluding carboxylic acids is 1. The van der Waals surface area contributed by atoms with Gasteiger partial charge in [-0.1, -0.05) is 6.92 Å². The monoisotopic (exact) mass is 166 g/mol. The van der Waals surface area contributed by atoms with Crippen molar-refractivity contribution in [3.05, 3.63) is 0 Å². The number of hydrogen-bond donors (Lipinski definition) is 1. The first-order valence-electron chi connectivity index (χ1n) is 4.33. The lowest BCUT2D eigenvalue weighted by atomic mass is 9.75. The molecular weight excluding hydrogens is 152 g/mol. The summed E-state index contributed by atoms with van der Waals surface area (Å²) >= 11 is 0. The SMILES string of the molecule is CC1CC(C(=O)NC(C)C#N)C1. The highest BCUT2D eigenvalue weighted by Gasteiger charge is 2.31. The Morgan fingerprint density at radius 3 is 2.67 bits per heavy atom. The zero-order chi connectivity index (χ0) is 9.14. The molecule has 0 radical (unpaired) electrons. The second kappa shape index (κ2) is 3.57. The van der Waals surface area contributed by atoms with Crippen LogP contribution in [0.2, 0.25) is 0 Å². The molecule has 66 valence electrons. The van der Waals surface area contributed by atoms with Gasteiger partial charge in [-0.2, -0.15) is 5.26 Å². The highest BCUT2D eigenvalue weighted by Crippen LogP contribution is 2.32. The Morgan fingerprint density at radius 1 is 1.67 bits per heavy atom. The van der Waals surface area contributed by atoms with Gasteiger partial charge < -0.3 is 5.32 Å². The average molecular weight is 166 g/mol. The number of carbonyl (C=O) groups is 1. The zero-order valence-corrected chi connectivity index (χ0v) is 7.50. The first kappa shape index (κ1) is 9.05. The van der Waals surface area contributed by atoms with Gasteiger partial charge >= 0.3 is 0 Å². The minimum atomic E-state index is -0.353. The fraction of sp³-hybridized carbons (Fsp3) is 0.778. The minimum absolute atomic E-state index is 0.0437. The van der Waals surface area contributed by atoms with Crippen LogP contribution in [0.1, 0.15) is 26.7 Å². The van der Waals surface area contributed by atoms with Crippen LogP contribution in [0.4, 0.5) is 0 Å². The van der Waals surface area contributed by atoms with E-state index >= 15 is 0 Å². The van der Waals surface area contributed by atoms with Crippen LogP contribution in [0.5, 0.6) is 0 Å². The van der Waals surface area contributed by atoms with Crippen LogP contribution >= 0.6 is 0 Å². The van der Waals surface area contributed by atoms with Crippen LogP contribution in [0.25, 0.3) is 0 Å². The maximum atomic E-state index is 11.3. The fourth-order valence-corrected chi connectivity index (χ4v) is 1.48. The van der Waals surface area contributed by atoms with E-state index in [-0.39, 0.29) is 17.9 Å². The number of rotatable bonds is 2. The number of amides is 1. The summed E-state index contributed by atoms with van der Waals surface area (Å²) in [5, 5.41) is 11.1. The lowest BCUT2D eigenvalue weighted by Gasteiger charge is -2.31. The maximum absolute atomic E-state index is 11.3. The zero-order valence-electron chi connectivity index (χ0n) is 7.50. The molecule has 1 saturated carbocycles. The maximum Gasteiger partial charge on any atom is 0.224 e. The first-order valence-corrected chi connectivity index (χ1v) is 4.33. The van der Waals surface area contributed by atoms with Gasteiger partial charge in [0, 0.05) is 5.92 Å². The Bertz CT molecular complexity index is 213.